The highest BCUT2D eigenvalue weighted by molar-refractivity contribution is 8.02. The fourth-order valence-electron chi connectivity index (χ4n) is 0.369. The summed E-state index contributed by atoms with van der Waals surface area (Å²) in [6.07, 6.45) is 4.30. The van der Waals surface area contributed by atoms with Crippen LogP contribution in [0, 0.1) is 10.1 Å². The first-order chi connectivity index (χ1) is 5.22. The van der Waals surface area contributed by atoms with Gasteiger partial charge in [-0.1, -0.05) is 11.8 Å². The summed E-state index contributed by atoms with van der Waals surface area (Å²) in [6, 6.07) is 0. The first-order valence-electron chi connectivity index (χ1n) is 2.77. The van der Waals surface area contributed by atoms with E-state index in [2.05, 4.69) is 10.3 Å². The van der Waals surface area contributed by atoms with E-state index in [4.69, 9.17) is 0 Å². The van der Waals surface area contributed by atoms with Crippen LogP contribution in [0.2, 0.25) is 0 Å². The highest BCUT2D eigenvalue weighted by Gasteiger charge is 2.05. The summed E-state index contributed by atoms with van der Waals surface area (Å²) in [7, 11) is 1.58. The lowest BCUT2D eigenvalue weighted by atomic mass is 10.9. The molecule has 0 bridgehead atoms. The molecule has 1 N–H and O–H groups in total. The van der Waals surface area contributed by atoms with Crippen LogP contribution in [0.3, 0.4) is 0 Å². The zero-order valence-electron chi connectivity index (χ0n) is 6.27. The second kappa shape index (κ2) is 5.72. The number of thioether (sulfide) groups is 1. The Labute approximate surface area is 68.7 Å². The van der Waals surface area contributed by atoms with Gasteiger partial charge in [0.2, 0.25) is 0 Å². The molecule has 0 aromatic heterocycles. The van der Waals surface area contributed by atoms with Crippen molar-refractivity contribution in [3.05, 3.63) is 21.3 Å². The SMILES string of the molecule is CN=CN/C=C(\SC)[N+](=O)[O-]. The Balaban J connectivity index is 4.01. The lowest BCUT2D eigenvalue weighted by Gasteiger charge is -1.91. The molecule has 0 saturated carbocycles. The molecule has 0 aliphatic rings. The van der Waals surface area contributed by atoms with Crippen LogP contribution < -0.4 is 5.32 Å². The Hall–Kier alpha value is -1.04. The van der Waals surface area contributed by atoms with Crippen molar-refractivity contribution in [2.45, 2.75) is 0 Å². The van der Waals surface area contributed by atoms with E-state index in [1.165, 1.54) is 12.5 Å². The van der Waals surface area contributed by atoms with E-state index >= 15 is 0 Å². The van der Waals surface area contributed by atoms with Crippen LogP contribution in [0.5, 0.6) is 0 Å². The molecule has 0 heterocycles. The Morgan fingerprint density at radius 3 is 2.82 bits per heavy atom. The number of nitrogens with zero attached hydrogens (tertiary/aromatic N) is 2. The molecule has 0 radical (unpaired) electrons. The maximum atomic E-state index is 10.2. The van der Waals surface area contributed by atoms with Crippen molar-refractivity contribution in [3.63, 3.8) is 0 Å². The molecule has 0 aromatic rings. The third kappa shape index (κ3) is 4.38. The van der Waals surface area contributed by atoms with E-state index in [1.807, 2.05) is 0 Å². The van der Waals surface area contributed by atoms with Crippen LogP contribution in [-0.2, 0) is 0 Å². The third-order valence-corrected chi connectivity index (χ3v) is 1.48. The van der Waals surface area contributed by atoms with Crippen LogP contribution in [0.25, 0.3) is 0 Å². The van der Waals surface area contributed by atoms with Crippen LogP contribution >= 0.6 is 11.8 Å². The van der Waals surface area contributed by atoms with E-state index in [1.54, 1.807) is 13.3 Å². The molecular formula is C5H9N3O2S. The lowest BCUT2D eigenvalue weighted by Crippen LogP contribution is -2.05. The van der Waals surface area contributed by atoms with Gasteiger partial charge in [0.15, 0.2) is 0 Å². The molecular weight excluding hydrogens is 166 g/mol. The number of nitrogens with one attached hydrogen (secondary N) is 1. The van der Waals surface area contributed by atoms with Gasteiger partial charge in [-0.3, -0.25) is 15.1 Å². The zero-order chi connectivity index (χ0) is 8.69. The molecule has 0 amide bonds. The zero-order valence-corrected chi connectivity index (χ0v) is 7.09. The normalized spacial score (nSPS) is 12.0. The highest BCUT2D eigenvalue weighted by atomic mass is 32.2. The smallest absolute Gasteiger partial charge is 0.318 e. The van der Waals surface area contributed by atoms with Gasteiger partial charge in [0.25, 0.3) is 0 Å². The van der Waals surface area contributed by atoms with Gasteiger partial charge in [-0.2, -0.15) is 0 Å². The monoisotopic (exact) mass is 175 g/mol. The van der Waals surface area contributed by atoms with Gasteiger partial charge < -0.3 is 5.32 Å². The first-order valence-corrected chi connectivity index (χ1v) is 4.00. The number of rotatable bonds is 4. The molecule has 0 rings (SSSR count). The Morgan fingerprint density at radius 2 is 2.45 bits per heavy atom. The van der Waals surface area contributed by atoms with Crippen molar-refractivity contribution in [2.24, 2.45) is 4.99 Å². The summed E-state index contributed by atoms with van der Waals surface area (Å²) in [5.41, 5.74) is 0. The molecule has 0 saturated heterocycles. The van der Waals surface area contributed by atoms with Gasteiger partial charge in [-0.15, -0.1) is 0 Å². The Kier molecular flexibility index (Phi) is 5.18. The second-order valence-corrected chi connectivity index (χ2v) is 2.32. The van der Waals surface area contributed by atoms with Crippen LogP contribution in [0.15, 0.2) is 16.2 Å². The quantitative estimate of drug-likeness (QED) is 0.295. The van der Waals surface area contributed by atoms with E-state index in [0.29, 0.717) is 0 Å². The number of aliphatic imine (C=N–C) groups is 1. The molecule has 0 aromatic carbocycles. The fourth-order valence-corrected chi connectivity index (χ4v) is 0.704. The van der Waals surface area contributed by atoms with Crippen LogP contribution in [0.4, 0.5) is 0 Å². The van der Waals surface area contributed by atoms with Crippen molar-refractivity contribution in [2.75, 3.05) is 13.3 Å². The maximum Gasteiger partial charge on any atom is 0.318 e. The Morgan fingerprint density at radius 1 is 1.82 bits per heavy atom. The minimum absolute atomic E-state index is 0.0601. The van der Waals surface area contributed by atoms with Gasteiger partial charge in [0.05, 0.1) is 17.5 Å². The molecule has 11 heavy (non-hydrogen) atoms. The van der Waals surface area contributed by atoms with Crippen molar-refractivity contribution >= 4 is 18.1 Å². The second-order valence-electron chi connectivity index (χ2n) is 1.50. The predicted octanol–water partition coefficient (Wildman–Crippen LogP) is 0.673. The largest absolute Gasteiger partial charge is 0.347 e. The summed E-state index contributed by atoms with van der Waals surface area (Å²) in [5.74, 6) is 0. The lowest BCUT2D eigenvalue weighted by molar-refractivity contribution is -0.410. The molecule has 0 fully saturated rings. The summed E-state index contributed by atoms with van der Waals surface area (Å²) in [4.78, 5) is 13.3. The van der Waals surface area contributed by atoms with E-state index in [-0.39, 0.29) is 5.03 Å². The number of hydrogen-bond donors (Lipinski definition) is 1. The van der Waals surface area contributed by atoms with Gasteiger partial charge in [-0.05, 0) is 6.26 Å². The highest BCUT2D eigenvalue weighted by Crippen LogP contribution is 2.09. The van der Waals surface area contributed by atoms with Crippen molar-refractivity contribution in [1.29, 1.82) is 0 Å². The molecule has 5 nitrogen and oxygen atoms in total. The van der Waals surface area contributed by atoms with Crippen molar-refractivity contribution < 1.29 is 4.92 Å². The van der Waals surface area contributed by atoms with Gasteiger partial charge in [-0.25, -0.2) is 0 Å². The maximum absolute atomic E-state index is 10.2. The van der Waals surface area contributed by atoms with Gasteiger partial charge in [0, 0.05) is 7.05 Å². The van der Waals surface area contributed by atoms with E-state index in [9.17, 15) is 10.1 Å². The molecule has 0 unspecified atom stereocenters. The summed E-state index contributed by atoms with van der Waals surface area (Å²) < 4.78 is 0. The van der Waals surface area contributed by atoms with Gasteiger partial charge >= 0.3 is 5.03 Å². The molecule has 0 atom stereocenters. The molecule has 0 spiro atoms. The van der Waals surface area contributed by atoms with Crippen LogP contribution in [-0.4, -0.2) is 24.6 Å². The van der Waals surface area contributed by atoms with Crippen molar-refractivity contribution in [3.8, 4) is 0 Å². The Bertz CT molecular complexity index is 190. The van der Waals surface area contributed by atoms with Crippen LogP contribution in [0.1, 0.15) is 0 Å². The molecule has 6 heteroatoms. The topological polar surface area (TPSA) is 67.5 Å². The number of nitro groups is 1. The van der Waals surface area contributed by atoms with E-state index < -0.39 is 4.92 Å². The summed E-state index contributed by atoms with van der Waals surface area (Å²) in [6.45, 7) is 0. The minimum atomic E-state index is -0.457. The molecule has 0 aliphatic heterocycles. The first kappa shape index (κ1) is 9.96. The minimum Gasteiger partial charge on any atom is -0.347 e. The van der Waals surface area contributed by atoms with Gasteiger partial charge in [0.1, 0.15) is 0 Å². The average Bonchev–Trinajstić information content (AvgIpc) is 1.97. The average molecular weight is 175 g/mol. The molecule has 0 aliphatic carbocycles. The van der Waals surface area contributed by atoms with Crippen molar-refractivity contribution in [1.82, 2.24) is 5.32 Å². The standard InChI is InChI=1S/C5H9N3O2S/c1-6-4-7-3-5(11-2)8(9)10/h3-4H,1-2H3,(H,6,7)/b5-3-. The molecule has 62 valence electrons. The fraction of sp³-hybridized carbons (Fsp3) is 0.400. The van der Waals surface area contributed by atoms with E-state index in [0.717, 1.165) is 11.8 Å². The third-order valence-electron chi connectivity index (χ3n) is 0.800. The summed E-state index contributed by atoms with van der Waals surface area (Å²) in [5, 5.41) is 12.8. The summed E-state index contributed by atoms with van der Waals surface area (Å²) >= 11 is 1.07. The predicted molar refractivity (Wildman–Crippen MR) is 46.1 cm³/mol. The number of hydrogen-bond acceptors (Lipinski definition) is 4.